The van der Waals surface area contributed by atoms with E-state index in [1.807, 2.05) is 30.3 Å². The van der Waals surface area contributed by atoms with Gasteiger partial charge in [-0.15, -0.1) is 0 Å². The Morgan fingerprint density at radius 1 is 1.11 bits per heavy atom. The van der Waals surface area contributed by atoms with Crippen molar-refractivity contribution in [2.75, 3.05) is 18.5 Å². The van der Waals surface area contributed by atoms with Crippen LogP contribution in [0, 0.1) is 0 Å². The van der Waals surface area contributed by atoms with Crippen LogP contribution in [0.3, 0.4) is 0 Å². The van der Waals surface area contributed by atoms with Crippen molar-refractivity contribution in [3.05, 3.63) is 59.1 Å². The molecule has 3 heterocycles. The average molecular weight is 396 g/mol. The van der Waals surface area contributed by atoms with Crippen LogP contribution in [0.1, 0.15) is 11.4 Å². The van der Waals surface area contributed by atoms with Gasteiger partial charge in [0, 0.05) is 30.4 Å². The van der Waals surface area contributed by atoms with Gasteiger partial charge in [0.05, 0.1) is 23.4 Å². The average Bonchev–Trinajstić information content (AvgIpc) is 3.14. The van der Waals surface area contributed by atoms with Crippen molar-refractivity contribution in [2.24, 2.45) is 0 Å². The van der Waals surface area contributed by atoms with E-state index in [0.29, 0.717) is 24.6 Å². The van der Waals surface area contributed by atoms with Gasteiger partial charge >= 0.3 is 0 Å². The fraction of sp³-hybridized carbons (Fsp3) is 0.211. The topological polar surface area (TPSA) is 112 Å². The number of halogens is 1. The van der Waals surface area contributed by atoms with E-state index in [1.165, 1.54) is 0 Å². The monoisotopic (exact) mass is 395 g/mol. The SMILES string of the molecule is OCCNc1ncc2c(-c3ccnc(CCc4cccc(Cl)c4)n3)[nH]nc2n1. The number of H-pyrrole nitrogens is 1. The summed E-state index contributed by atoms with van der Waals surface area (Å²) in [5, 5.41) is 20.5. The van der Waals surface area contributed by atoms with Crippen molar-refractivity contribution in [3.63, 3.8) is 0 Å². The number of anilines is 1. The van der Waals surface area contributed by atoms with Gasteiger partial charge in [0.25, 0.3) is 0 Å². The summed E-state index contributed by atoms with van der Waals surface area (Å²) in [5.41, 5.74) is 3.16. The highest BCUT2D eigenvalue weighted by Gasteiger charge is 2.12. The maximum Gasteiger partial charge on any atom is 0.224 e. The van der Waals surface area contributed by atoms with Crippen LogP contribution in [0.25, 0.3) is 22.4 Å². The van der Waals surface area contributed by atoms with Crippen LogP contribution < -0.4 is 5.32 Å². The van der Waals surface area contributed by atoms with E-state index in [0.717, 1.165) is 39.6 Å². The minimum absolute atomic E-state index is 0.00606. The highest BCUT2D eigenvalue weighted by Crippen LogP contribution is 2.24. The van der Waals surface area contributed by atoms with E-state index in [1.54, 1.807) is 12.4 Å². The molecule has 0 unspecified atom stereocenters. The first-order valence-electron chi connectivity index (χ1n) is 8.85. The van der Waals surface area contributed by atoms with E-state index in [-0.39, 0.29) is 6.61 Å². The van der Waals surface area contributed by atoms with Gasteiger partial charge in [-0.1, -0.05) is 23.7 Å². The number of nitrogens with one attached hydrogen (secondary N) is 2. The highest BCUT2D eigenvalue weighted by molar-refractivity contribution is 6.30. The smallest absolute Gasteiger partial charge is 0.224 e. The van der Waals surface area contributed by atoms with Crippen molar-refractivity contribution < 1.29 is 5.11 Å². The fourth-order valence-electron chi connectivity index (χ4n) is 2.86. The van der Waals surface area contributed by atoms with Crippen LogP contribution in [0.15, 0.2) is 42.7 Å². The number of rotatable bonds is 7. The second-order valence-corrected chi connectivity index (χ2v) is 6.60. The summed E-state index contributed by atoms with van der Waals surface area (Å²) in [6.07, 6.45) is 4.93. The Bertz CT molecular complexity index is 1100. The van der Waals surface area contributed by atoms with Crippen LogP contribution in [-0.2, 0) is 12.8 Å². The van der Waals surface area contributed by atoms with Gasteiger partial charge in [-0.05, 0) is 30.2 Å². The van der Waals surface area contributed by atoms with Crippen molar-refractivity contribution in [1.29, 1.82) is 0 Å². The minimum atomic E-state index is 0.00606. The molecule has 9 heteroatoms. The Morgan fingerprint density at radius 2 is 2.04 bits per heavy atom. The molecular formula is C19H18ClN7O. The molecule has 1 aromatic carbocycles. The van der Waals surface area contributed by atoms with E-state index < -0.39 is 0 Å². The van der Waals surface area contributed by atoms with Crippen LogP contribution in [-0.4, -0.2) is 48.4 Å². The third kappa shape index (κ3) is 4.08. The van der Waals surface area contributed by atoms with E-state index in [4.69, 9.17) is 16.7 Å². The molecule has 4 aromatic rings. The van der Waals surface area contributed by atoms with Crippen LogP contribution >= 0.6 is 11.6 Å². The third-order valence-corrected chi connectivity index (χ3v) is 4.43. The van der Waals surface area contributed by atoms with Crippen molar-refractivity contribution in [2.45, 2.75) is 12.8 Å². The molecule has 0 saturated heterocycles. The zero-order valence-electron chi connectivity index (χ0n) is 14.9. The molecule has 0 aliphatic carbocycles. The van der Waals surface area contributed by atoms with Gasteiger partial charge in [0.15, 0.2) is 5.65 Å². The molecule has 0 aliphatic rings. The molecule has 3 aromatic heterocycles. The first kappa shape index (κ1) is 18.3. The second-order valence-electron chi connectivity index (χ2n) is 6.17. The Labute approximate surface area is 166 Å². The molecule has 8 nitrogen and oxygen atoms in total. The highest BCUT2D eigenvalue weighted by atomic mass is 35.5. The number of hydrogen-bond acceptors (Lipinski definition) is 7. The number of aromatic nitrogens is 6. The first-order valence-corrected chi connectivity index (χ1v) is 9.23. The predicted molar refractivity (Wildman–Crippen MR) is 107 cm³/mol. The largest absolute Gasteiger partial charge is 0.395 e. The molecule has 142 valence electrons. The molecule has 0 fully saturated rings. The molecule has 0 spiro atoms. The third-order valence-electron chi connectivity index (χ3n) is 4.19. The Kier molecular flexibility index (Phi) is 5.41. The summed E-state index contributed by atoms with van der Waals surface area (Å²) >= 11 is 6.04. The van der Waals surface area contributed by atoms with Gasteiger partial charge in [0.2, 0.25) is 5.95 Å². The van der Waals surface area contributed by atoms with Crippen LogP contribution in [0.2, 0.25) is 5.02 Å². The number of aryl methyl sites for hydroxylation is 2. The lowest BCUT2D eigenvalue weighted by molar-refractivity contribution is 0.311. The summed E-state index contributed by atoms with van der Waals surface area (Å²) in [6, 6.07) is 9.62. The molecule has 3 N–H and O–H groups in total. The molecule has 4 rings (SSSR count). The lowest BCUT2D eigenvalue weighted by Gasteiger charge is -2.04. The van der Waals surface area contributed by atoms with Gasteiger partial charge in [-0.25, -0.2) is 15.0 Å². The second kappa shape index (κ2) is 8.28. The fourth-order valence-corrected chi connectivity index (χ4v) is 3.07. The molecule has 0 atom stereocenters. The lowest BCUT2D eigenvalue weighted by Crippen LogP contribution is -2.08. The molecule has 28 heavy (non-hydrogen) atoms. The van der Waals surface area contributed by atoms with Crippen LogP contribution in [0.5, 0.6) is 0 Å². The van der Waals surface area contributed by atoms with E-state index in [2.05, 4.69) is 35.5 Å². The van der Waals surface area contributed by atoms with E-state index >= 15 is 0 Å². The Hall–Kier alpha value is -3.10. The molecule has 0 aliphatic heterocycles. The molecule has 0 radical (unpaired) electrons. The maximum atomic E-state index is 8.89. The number of fused-ring (bicyclic) bond motifs is 1. The zero-order chi connectivity index (χ0) is 19.3. The van der Waals surface area contributed by atoms with Gasteiger partial charge < -0.3 is 10.4 Å². The van der Waals surface area contributed by atoms with Gasteiger partial charge in [-0.3, -0.25) is 5.10 Å². The van der Waals surface area contributed by atoms with Crippen molar-refractivity contribution in [3.8, 4) is 11.4 Å². The number of nitrogens with zero attached hydrogens (tertiary/aromatic N) is 5. The standard InChI is InChI=1S/C19H18ClN7O/c20-13-3-1-2-12(10-13)4-5-16-21-7-6-15(24-16)17-14-11-23-19(22-8-9-28)25-18(14)27-26-17/h1-3,6-7,10-11,28H,4-5,8-9H2,(H2,22,23,25,26,27). The Morgan fingerprint density at radius 3 is 2.89 bits per heavy atom. The summed E-state index contributed by atoms with van der Waals surface area (Å²) in [7, 11) is 0. The zero-order valence-corrected chi connectivity index (χ0v) is 15.7. The van der Waals surface area contributed by atoms with Gasteiger partial charge in [-0.2, -0.15) is 10.1 Å². The first-order chi connectivity index (χ1) is 13.7. The number of aliphatic hydroxyl groups excluding tert-OH is 1. The van der Waals surface area contributed by atoms with Crippen LogP contribution in [0.4, 0.5) is 5.95 Å². The summed E-state index contributed by atoms with van der Waals surface area (Å²) in [5.74, 6) is 1.16. The van der Waals surface area contributed by atoms with Crippen molar-refractivity contribution in [1.82, 2.24) is 30.1 Å². The minimum Gasteiger partial charge on any atom is -0.395 e. The Balaban J connectivity index is 1.55. The number of aromatic amines is 1. The lowest BCUT2D eigenvalue weighted by atomic mass is 10.1. The molecule has 0 saturated carbocycles. The number of hydrogen-bond donors (Lipinski definition) is 3. The van der Waals surface area contributed by atoms with Crippen molar-refractivity contribution >= 4 is 28.6 Å². The molecular weight excluding hydrogens is 378 g/mol. The summed E-state index contributed by atoms with van der Waals surface area (Å²) < 4.78 is 0. The molecule has 0 bridgehead atoms. The predicted octanol–water partition coefficient (Wildman–Crippen LogP) is 2.65. The maximum absolute atomic E-state index is 8.89. The van der Waals surface area contributed by atoms with Gasteiger partial charge in [0.1, 0.15) is 5.82 Å². The quantitative estimate of drug-likeness (QED) is 0.441. The number of aliphatic hydroxyl groups is 1. The molecule has 0 amide bonds. The normalized spacial score (nSPS) is 11.1. The summed E-state index contributed by atoms with van der Waals surface area (Å²) in [4.78, 5) is 17.6. The number of benzene rings is 1. The summed E-state index contributed by atoms with van der Waals surface area (Å²) in [6.45, 7) is 0.386. The van der Waals surface area contributed by atoms with E-state index in [9.17, 15) is 0 Å².